The van der Waals surface area contributed by atoms with E-state index in [9.17, 15) is 13.6 Å². The molecule has 4 nitrogen and oxygen atoms in total. The van der Waals surface area contributed by atoms with E-state index >= 15 is 0 Å². The molecule has 3 rings (SSSR count). The topological polar surface area (TPSA) is 54.9 Å². The van der Waals surface area contributed by atoms with Gasteiger partial charge >= 0.3 is 0 Å². The quantitative estimate of drug-likeness (QED) is 0.778. The molecule has 2 heterocycles. The zero-order valence-electron chi connectivity index (χ0n) is 12.7. The Balaban J connectivity index is 1.73. The van der Waals surface area contributed by atoms with Crippen LogP contribution in [-0.4, -0.2) is 15.9 Å². The summed E-state index contributed by atoms with van der Waals surface area (Å²) >= 11 is 1.41. The van der Waals surface area contributed by atoms with Gasteiger partial charge in [0.1, 0.15) is 5.01 Å². The normalized spacial score (nSPS) is 12.0. The van der Waals surface area contributed by atoms with Crippen molar-refractivity contribution in [3.05, 3.63) is 70.3 Å². The molecule has 1 aromatic carbocycles. The van der Waals surface area contributed by atoms with Crippen LogP contribution in [0.5, 0.6) is 0 Å². The largest absolute Gasteiger partial charge is 0.343 e. The molecule has 7 heteroatoms. The van der Waals surface area contributed by atoms with Gasteiger partial charge in [-0.25, -0.2) is 13.8 Å². The summed E-state index contributed by atoms with van der Waals surface area (Å²) in [4.78, 5) is 20.6. The monoisotopic (exact) mass is 345 g/mol. The third-order valence-electron chi connectivity index (χ3n) is 3.40. The van der Waals surface area contributed by atoms with Gasteiger partial charge in [0.25, 0.3) is 5.91 Å². The molecule has 0 saturated carbocycles. The predicted octanol–water partition coefficient (Wildman–Crippen LogP) is 3.97. The van der Waals surface area contributed by atoms with E-state index in [0.717, 1.165) is 28.4 Å². The van der Waals surface area contributed by atoms with Crippen LogP contribution in [0, 0.1) is 11.6 Å². The Hall–Kier alpha value is -2.67. The van der Waals surface area contributed by atoms with Crippen molar-refractivity contribution in [2.45, 2.75) is 13.0 Å². The predicted molar refractivity (Wildman–Crippen MR) is 87.6 cm³/mol. The SMILES string of the molecule is C[C@@H](NC(=O)c1ccc(F)c(F)c1)c1nc(-c2ccncc2)cs1. The van der Waals surface area contributed by atoms with Crippen molar-refractivity contribution < 1.29 is 13.6 Å². The third kappa shape index (κ3) is 3.46. The molecule has 1 N–H and O–H groups in total. The van der Waals surface area contributed by atoms with Gasteiger partial charge in [-0.3, -0.25) is 9.78 Å². The van der Waals surface area contributed by atoms with Crippen molar-refractivity contribution in [2.24, 2.45) is 0 Å². The van der Waals surface area contributed by atoms with Gasteiger partial charge in [-0.05, 0) is 37.3 Å². The number of nitrogens with one attached hydrogen (secondary N) is 1. The summed E-state index contributed by atoms with van der Waals surface area (Å²) in [7, 11) is 0. The Morgan fingerprint density at radius 2 is 1.92 bits per heavy atom. The summed E-state index contributed by atoms with van der Waals surface area (Å²) < 4.78 is 26.2. The minimum atomic E-state index is -1.05. The first-order chi connectivity index (χ1) is 11.5. The summed E-state index contributed by atoms with van der Waals surface area (Å²) in [6.45, 7) is 1.78. The van der Waals surface area contributed by atoms with Crippen LogP contribution in [0.1, 0.15) is 28.3 Å². The Morgan fingerprint density at radius 1 is 1.17 bits per heavy atom. The van der Waals surface area contributed by atoms with Crippen molar-refractivity contribution in [1.82, 2.24) is 15.3 Å². The molecule has 1 atom stereocenters. The van der Waals surface area contributed by atoms with Crippen LogP contribution in [0.3, 0.4) is 0 Å². The van der Waals surface area contributed by atoms with Crippen LogP contribution in [0.25, 0.3) is 11.3 Å². The summed E-state index contributed by atoms with van der Waals surface area (Å²) in [5.74, 6) is -2.52. The average molecular weight is 345 g/mol. The van der Waals surface area contributed by atoms with Gasteiger partial charge in [0, 0.05) is 28.9 Å². The smallest absolute Gasteiger partial charge is 0.251 e. The molecule has 0 bridgehead atoms. The van der Waals surface area contributed by atoms with Gasteiger partial charge in [0.05, 0.1) is 11.7 Å². The number of halogens is 2. The fourth-order valence-electron chi connectivity index (χ4n) is 2.12. The van der Waals surface area contributed by atoms with Crippen molar-refractivity contribution in [3.63, 3.8) is 0 Å². The van der Waals surface area contributed by atoms with E-state index in [0.29, 0.717) is 0 Å². The van der Waals surface area contributed by atoms with Gasteiger partial charge in [0.2, 0.25) is 0 Å². The number of carbonyl (C=O) groups excluding carboxylic acids is 1. The highest BCUT2D eigenvalue weighted by molar-refractivity contribution is 7.10. The lowest BCUT2D eigenvalue weighted by atomic mass is 10.2. The Bertz CT molecular complexity index is 867. The summed E-state index contributed by atoms with van der Waals surface area (Å²) in [6, 6.07) is 6.39. The van der Waals surface area contributed by atoms with Crippen molar-refractivity contribution >= 4 is 17.2 Å². The maximum atomic E-state index is 13.2. The molecule has 0 aliphatic heterocycles. The molecular weight excluding hydrogens is 332 g/mol. The minimum Gasteiger partial charge on any atom is -0.343 e. The second-order valence-corrected chi connectivity index (χ2v) is 6.02. The van der Waals surface area contributed by atoms with Crippen molar-refractivity contribution in [3.8, 4) is 11.3 Å². The lowest BCUT2D eigenvalue weighted by Gasteiger charge is -2.11. The fourth-order valence-corrected chi connectivity index (χ4v) is 2.96. The number of benzene rings is 1. The first-order valence-corrected chi connectivity index (χ1v) is 8.04. The number of carbonyl (C=O) groups is 1. The molecule has 0 aliphatic carbocycles. The second kappa shape index (κ2) is 6.84. The lowest BCUT2D eigenvalue weighted by Crippen LogP contribution is -2.26. The maximum Gasteiger partial charge on any atom is 0.251 e. The first-order valence-electron chi connectivity index (χ1n) is 7.16. The van der Waals surface area contributed by atoms with E-state index in [1.54, 1.807) is 19.3 Å². The molecule has 0 spiro atoms. The van der Waals surface area contributed by atoms with Crippen LogP contribution >= 0.6 is 11.3 Å². The van der Waals surface area contributed by atoms with E-state index in [1.165, 1.54) is 17.4 Å². The summed E-state index contributed by atoms with van der Waals surface area (Å²) in [5, 5.41) is 5.35. The number of amides is 1. The van der Waals surface area contributed by atoms with Crippen molar-refractivity contribution in [2.75, 3.05) is 0 Å². The van der Waals surface area contributed by atoms with Gasteiger partial charge in [0.15, 0.2) is 11.6 Å². The molecule has 24 heavy (non-hydrogen) atoms. The van der Waals surface area contributed by atoms with Crippen LogP contribution in [0.4, 0.5) is 8.78 Å². The number of aromatic nitrogens is 2. The second-order valence-electron chi connectivity index (χ2n) is 5.13. The molecule has 0 radical (unpaired) electrons. The van der Waals surface area contributed by atoms with Gasteiger partial charge in [-0.2, -0.15) is 0 Å². The molecule has 0 aliphatic rings. The maximum absolute atomic E-state index is 13.2. The molecule has 0 saturated heterocycles. The summed E-state index contributed by atoms with van der Waals surface area (Å²) in [6.07, 6.45) is 3.37. The van der Waals surface area contributed by atoms with Gasteiger partial charge in [-0.15, -0.1) is 11.3 Å². The number of thiazole rings is 1. The number of pyridine rings is 1. The van der Waals surface area contributed by atoms with Crippen LogP contribution < -0.4 is 5.32 Å². The molecule has 122 valence electrons. The van der Waals surface area contributed by atoms with E-state index in [4.69, 9.17) is 0 Å². The minimum absolute atomic E-state index is 0.0617. The fraction of sp³-hybridized carbons (Fsp3) is 0.118. The van der Waals surface area contributed by atoms with Crippen molar-refractivity contribution in [1.29, 1.82) is 0 Å². The standard InChI is InChI=1S/C17H13F2N3OS/c1-10(21-16(23)12-2-3-13(18)14(19)8-12)17-22-15(9-24-17)11-4-6-20-7-5-11/h2-10H,1H3,(H,21,23)/t10-/m1/s1. The molecule has 0 unspecified atom stereocenters. The van der Waals surface area contributed by atoms with Crippen LogP contribution in [0.15, 0.2) is 48.1 Å². The number of rotatable bonds is 4. The zero-order chi connectivity index (χ0) is 17.1. The molecule has 0 fully saturated rings. The van der Waals surface area contributed by atoms with Gasteiger partial charge < -0.3 is 5.32 Å². The Kier molecular flexibility index (Phi) is 4.61. The van der Waals surface area contributed by atoms with Crippen LogP contribution in [-0.2, 0) is 0 Å². The first kappa shape index (κ1) is 16.2. The van der Waals surface area contributed by atoms with E-state index < -0.39 is 17.5 Å². The molecular formula is C17H13F2N3OS. The van der Waals surface area contributed by atoms with E-state index in [2.05, 4.69) is 15.3 Å². The molecule has 1 amide bonds. The Labute approximate surface area is 141 Å². The molecule has 3 aromatic rings. The average Bonchev–Trinajstić information content (AvgIpc) is 3.08. The highest BCUT2D eigenvalue weighted by Gasteiger charge is 2.16. The van der Waals surface area contributed by atoms with Gasteiger partial charge in [-0.1, -0.05) is 0 Å². The summed E-state index contributed by atoms with van der Waals surface area (Å²) in [5.41, 5.74) is 1.80. The number of hydrogen-bond acceptors (Lipinski definition) is 4. The highest BCUT2D eigenvalue weighted by atomic mass is 32.1. The zero-order valence-corrected chi connectivity index (χ0v) is 13.5. The lowest BCUT2D eigenvalue weighted by molar-refractivity contribution is 0.0939. The number of nitrogens with zero attached hydrogens (tertiary/aromatic N) is 2. The third-order valence-corrected chi connectivity index (χ3v) is 4.43. The number of hydrogen-bond donors (Lipinski definition) is 1. The van der Waals surface area contributed by atoms with E-state index in [-0.39, 0.29) is 11.6 Å². The van der Waals surface area contributed by atoms with Crippen LogP contribution in [0.2, 0.25) is 0 Å². The molecule has 2 aromatic heterocycles. The Morgan fingerprint density at radius 3 is 2.62 bits per heavy atom. The highest BCUT2D eigenvalue weighted by Crippen LogP contribution is 2.25. The van der Waals surface area contributed by atoms with E-state index in [1.807, 2.05) is 17.5 Å².